The zero-order chi connectivity index (χ0) is 27.7. The first kappa shape index (κ1) is 28.0. The molecule has 3 rings (SSSR count). The lowest BCUT2D eigenvalue weighted by atomic mass is 10.1. The van der Waals surface area contributed by atoms with E-state index in [0.717, 1.165) is 23.9 Å². The van der Waals surface area contributed by atoms with Crippen LogP contribution in [-0.4, -0.2) is 36.0 Å². The number of aromatic nitrogens is 1. The third kappa shape index (κ3) is 7.45. The highest BCUT2D eigenvalue weighted by Gasteiger charge is 2.19. The van der Waals surface area contributed by atoms with E-state index >= 15 is 0 Å². The molecule has 200 valence electrons. The van der Waals surface area contributed by atoms with Crippen molar-refractivity contribution in [2.24, 2.45) is 0 Å². The zero-order valence-corrected chi connectivity index (χ0v) is 20.7. The number of carbonyl (C=O) groups is 3. The summed E-state index contributed by atoms with van der Waals surface area (Å²) in [4.78, 5) is 40.5. The van der Waals surface area contributed by atoms with Crippen molar-refractivity contribution in [3.63, 3.8) is 0 Å². The number of anilines is 4. The van der Waals surface area contributed by atoms with Crippen molar-refractivity contribution in [1.82, 2.24) is 10.3 Å². The number of esters is 1. The van der Waals surface area contributed by atoms with Gasteiger partial charge in [-0.15, -0.1) is 0 Å². The van der Waals surface area contributed by atoms with Gasteiger partial charge in [-0.05, 0) is 50.1 Å². The lowest BCUT2D eigenvalue weighted by Gasteiger charge is -2.15. The summed E-state index contributed by atoms with van der Waals surface area (Å²) in [5, 5.41) is 10.2. The largest absolute Gasteiger partial charge is 0.466 e. The number of rotatable bonds is 10. The minimum absolute atomic E-state index is 0.0175. The van der Waals surface area contributed by atoms with Crippen LogP contribution in [0.4, 0.5) is 40.8 Å². The summed E-state index contributed by atoms with van der Waals surface area (Å²) in [6.07, 6.45) is 1.83. The van der Waals surface area contributed by atoms with Crippen molar-refractivity contribution in [2.45, 2.75) is 26.7 Å². The Bertz CT molecular complexity index is 1320. The molecule has 9 nitrogen and oxygen atoms in total. The molecule has 0 radical (unpaired) electrons. The fourth-order valence-electron chi connectivity index (χ4n) is 3.33. The van der Waals surface area contributed by atoms with Crippen molar-refractivity contribution < 1.29 is 32.3 Å². The van der Waals surface area contributed by atoms with Crippen LogP contribution in [0.3, 0.4) is 0 Å². The van der Waals surface area contributed by atoms with E-state index in [9.17, 15) is 27.6 Å². The normalized spacial score (nSPS) is 10.4. The summed E-state index contributed by atoms with van der Waals surface area (Å²) in [6.45, 7) is 4.10. The molecule has 0 aliphatic carbocycles. The van der Waals surface area contributed by atoms with Gasteiger partial charge in [0, 0.05) is 30.9 Å². The highest BCUT2D eigenvalue weighted by Crippen LogP contribution is 2.28. The molecule has 0 fully saturated rings. The summed E-state index contributed by atoms with van der Waals surface area (Å²) in [6, 6.07) is 9.15. The maximum absolute atomic E-state index is 14.3. The molecule has 0 saturated heterocycles. The van der Waals surface area contributed by atoms with Gasteiger partial charge in [0.05, 0.1) is 23.5 Å². The molecule has 38 heavy (non-hydrogen) atoms. The number of amides is 3. The number of nitrogens with one attached hydrogen (secondary N) is 4. The van der Waals surface area contributed by atoms with E-state index in [1.165, 1.54) is 6.07 Å². The van der Waals surface area contributed by atoms with Gasteiger partial charge < -0.3 is 20.7 Å². The predicted octanol–water partition coefficient (Wildman–Crippen LogP) is 5.13. The molecule has 2 aromatic carbocycles. The number of urea groups is 1. The second kappa shape index (κ2) is 13.1. The molecule has 1 aromatic heterocycles. The van der Waals surface area contributed by atoms with Gasteiger partial charge in [-0.1, -0.05) is 12.1 Å². The summed E-state index contributed by atoms with van der Waals surface area (Å²) < 4.78 is 46.4. The first-order chi connectivity index (χ1) is 18.2. The Labute approximate surface area is 216 Å². The van der Waals surface area contributed by atoms with Gasteiger partial charge in [-0.25, -0.2) is 22.9 Å². The fraction of sp³-hybridized carbons (Fsp3) is 0.231. The number of ether oxygens (including phenoxy) is 1. The summed E-state index contributed by atoms with van der Waals surface area (Å²) >= 11 is 0. The average Bonchev–Trinajstić information content (AvgIpc) is 2.89. The van der Waals surface area contributed by atoms with Gasteiger partial charge in [-0.2, -0.15) is 0 Å². The number of nitrogens with zero attached hydrogens (tertiary/aromatic N) is 1. The molecule has 0 aliphatic rings. The number of carbonyl (C=O) groups excluding carboxylic acids is 3. The van der Waals surface area contributed by atoms with Crippen molar-refractivity contribution in [2.75, 3.05) is 29.1 Å². The monoisotopic (exact) mass is 529 g/mol. The summed E-state index contributed by atoms with van der Waals surface area (Å²) in [5.41, 5.74) is 0.750. The first-order valence-electron chi connectivity index (χ1n) is 11.7. The molecule has 0 atom stereocenters. The van der Waals surface area contributed by atoms with E-state index in [0.29, 0.717) is 25.3 Å². The smallest absolute Gasteiger partial charge is 0.320 e. The molecule has 0 aliphatic heterocycles. The van der Waals surface area contributed by atoms with Crippen LogP contribution >= 0.6 is 0 Å². The van der Waals surface area contributed by atoms with Crippen LogP contribution in [0.2, 0.25) is 0 Å². The molecular weight excluding hydrogens is 503 g/mol. The van der Waals surface area contributed by atoms with E-state index in [4.69, 9.17) is 4.74 Å². The third-order valence-electron chi connectivity index (χ3n) is 5.17. The predicted molar refractivity (Wildman–Crippen MR) is 136 cm³/mol. The SMILES string of the molecule is CCNC(=O)Nc1cc(Nc2ccc(F)c(F)c2F)c(C(=O)Nc2ccc(CCC(=O)OCC)cc2)cn1. The zero-order valence-electron chi connectivity index (χ0n) is 20.7. The Morgan fingerprint density at radius 2 is 1.66 bits per heavy atom. The number of halogens is 3. The Balaban J connectivity index is 1.82. The standard InChI is InChI=1S/C26H26F3N5O4/c1-3-30-26(37)34-21-13-20(33-19-11-10-18(27)23(28)24(19)29)17(14-31-21)25(36)32-16-8-5-15(6-9-16)7-12-22(35)38-4-2/h5-6,8-11,13-14H,3-4,7,12H2,1-2H3,(H,32,36)(H3,30,31,33,34,37). The number of aryl methyl sites for hydroxylation is 1. The number of hydrogen-bond acceptors (Lipinski definition) is 6. The van der Waals surface area contributed by atoms with Gasteiger partial charge in [0.15, 0.2) is 17.5 Å². The highest BCUT2D eigenvalue weighted by molar-refractivity contribution is 6.08. The first-order valence-corrected chi connectivity index (χ1v) is 11.7. The molecule has 0 unspecified atom stereocenters. The minimum Gasteiger partial charge on any atom is -0.466 e. The Kier molecular flexibility index (Phi) is 9.63. The molecule has 0 bridgehead atoms. The van der Waals surface area contributed by atoms with Crippen LogP contribution in [-0.2, 0) is 16.0 Å². The van der Waals surface area contributed by atoms with Gasteiger partial charge >= 0.3 is 12.0 Å². The molecule has 12 heteroatoms. The number of hydrogen-bond donors (Lipinski definition) is 4. The van der Waals surface area contributed by atoms with Crippen molar-refractivity contribution in [3.05, 3.63) is 77.2 Å². The van der Waals surface area contributed by atoms with Gasteiger partial charge in [0.25, 0.3) is 5.91 Å². The topological polar surface area (TPSA) is 121 Å². The van der Waals surface area contributed by atoms with E-state index in [1.807, 2.05) is 0 Å². The Morgan fingerprint density at radius 1 is 0.921 bits per heavy atom. The number of benzene rings is 2. The van der Waals surface area contributed by atoms with Crippen LogP contribution in [0.5, 0.6) is 0 Å². The molecule has 3 aromatic rings. The average molecular weight is 530 g/mol. The van der Waals surface area contributed by atoms with E-state index < -0.39 is 35.1 Å². The second-order valence-electron chi connectivity index (χ2n) is 7.90. The Hall–Kier alpha value is -4.61. The third-order valence-corrected chi connectivity index (χ3v) is 5.17. The lowest BCUT2D eigenvalue weighted by molar-refractivity contribution is -0.143. The van der Waals surface area contributed by atoms with E-state index in [-0.39, 0.29) is 29.5 Å². The van der Waals surface area contributed by atoms with Crippen LogP contribution in [0.25, 0.3) is 0 Å². The summed E-state index contributed by atoms with van der Waals surface area (Å²) in [5.74, 6) is -5.47. The van der Waals surface area contributed by atoms with Crippen LogP contribution < -0.4 is 21.3 Å². The fourth-order valence-corrected chi connectivity index (χ4v) is 3.33. The second-order valence-corrected chi connectivity index (χ2v) is 7.90. The Morgan fingerprint density at radius 3 is 2.34 bits per heavy atom. The van der Waals surface area contributed by atoms with Crippen LogP contribution in [0, 0.1) is 17.5 Å². The van der Waals surface area contributed by atoms with Crippen molar-refractivity contribution in [3.8, 4) is 0 Å². The molecule has 0 spiro atoms. The maximum atomic E-state index is 14.3. The molecule has 3 amide bonds. The molecular formula is C26H26F3N5O4. The van der Waals surface area contributed by atoms with Gasteiger partial charge in [-0.3, -0.25) is 14.9 Å². The quantitative estimate of drug-likeness (QED) is 0.213. The van der Waals surface area contributed by atoms with Crippen LogP contribution in [0.15, 0.2) is 48.7 Å². The van der Waals surface area contributed by atoms with E-state index in [2.05, 4.69) is 26.3 Å². The maximum Gasteiger partial charge on any atom is 0.320 e. The van der Waals surface area contributed by atoms with Gasteiger partial charge in [0.1, 0.15) is 5.82 Å². The molecule has 1 heterocycles. The molecule has 4 N–H and O–H groups in total. The molecule has 0 saturated carbocycles. The highest BCUT2D eigenvalue weighted by atomic mass is 19.2. The minimum atomic E-state index is -1.68. The van der Waals surface area contributed by atoms with Crippen molar-refractivity contribution in [1.29, 1.82) is 0 Å². The van der Waals surface area contributed by atoms with Crippen LogP contribution in [0.1, 0.15) is 36.2 Å². The van der Waals surface area contributed by atoms with Crippen molar-refractivity contribution >= 4 is 40.8 Å². The van der Waals surface area contributed by atoms with Gasteiger partial charge in [0.2, 0.25) is 0 Å². The number of pyridine rings is 1. The van der Waals surface area contributed by atoms with E-state index in [1.54, 1.807) is 38.1 Å². The summed E-state index contributed by atoms with van der Waals surface area (Å²) in [7, 11) is 0. The lowest BCUT2D eigenvalue weighted by Crippen LogP contribution is -2.28.